The van der Waals surface area contributed by atoms with Crippen molar-refractivity contribution in [2.75, 3.05) is 19.7 Å². The third-order valence-electron chi connectivity index (χ3n) is 3.16. The normalized spacial score (nSPS) is 30.5. The Morgan fingerprint density at radius 3 is 2.73 bits per heavy atom. The number of carbonyl (C=O) groups is 1. The minimum absolute atomic E-state index is 0.229. The van der Waals surface area contributed by atoms with Crippen LogP contribution >= 0.6 is 0 Å². The fourth-order valence-electron chi connectivity index (χ4n) is 1.93. The standard InChI is InChI=1S/C11H20N2O2/c1-8-10(4-7-15-8)12-5-6-13-11(14)9-2-3-9/h8-10,12H,2-7H2,1H3,(H,13,14)/t8-,10+/m1/s1. The molecule has 0 bridgehead atoms. The fraction of sp³-hybridized carbons (Fsp3) is 0.909. The first-order valence-corrected chi connectivity index (χ1v) is 5.90. The predicted molar refractivity (Wildman–Crippen MR) is 57.6 cm³/mol. The highest BCUT2D eigenvalue weighted by atomic mass is 16.5. The van der Waals surface area contributed by atoms with Crippen LogP contribution < -0.4 is 10.6 Å². The van der Waals surface area contributed by atoms with E-state index in [1.165, 1.54) is 0 Å². The van der Waals surface area contributed by atoms with Crippen LogP contribution in [0.3, 0.4) is 0 Å². The van der Waals surface area contributed by atoms with Crippen LogP contribution in [0.4, 0.5) is 0 Å². The van der Waals surface area contributed by atoms with Crippen LogP contribution in [-0.4, -0.2) is 37.7 Å². The second-order valence-corrected chi connectivity index (χ2v) is 4.49. The molecular formula is C11H20N2O2. The molecular weight excluding hydrogens is 192 g/mol. The molecule has 1 saturated heterocycles. The smallest absolute Gasteiger partial charge is 0.223 e. The van der Waals surface area contributed by atoms with Crippen molar-refractivity contribution < 1.29 is 9.53 Å². The van der Waals surface area contributed by atoms with Crippen LogP contribution in [0.5, 0.6) is 0 Å². The zero-order chi connectivity index (χ0) is 10.7. The molecule has 4 heteroatoms. The molecule has 1 heterocycles. The van der Waals surface area contributed by atoms with Crippen LogP contribution in [0.2, 0.25) is 0 Å². The van der Waals surface area contributed by atoms with Crippen molar-refractivity contribution in [2.24, 2.45) is 5.92 Å². The molecule has 0 aromatic rings. The molecule has 1 saturated carbocycles. The summed E-state index contributed by atoms with van der Waals surface area (Å²) in [5.41, 5.74) is 0. The molecule has 2 N–H and O–H groups in total. The van der Waals surface area contributed by atoms with Crippen molar-refractivity contribution in [3.05, 3.63) is 0 Å². The topological polar surface area (TPSA) is 50.4 Å². The lowest BCUT2D eigenvalue weighted by atomic mass is 10.1. The summed E-state index contributed by atoms with van der Waals surface area (Å²) in [6.45, 7) is 4.52. The average molecular weight is 212 g/mol. The molecule has 0 aromatic carbocycles. The summed E-state index contributed by atoms with van der Waals surface area (Å²) < 4.78 is 5.44. The molecule has 2 rings (SSSR count). The largest absolute Gasteiger partial charge is 0.377 e. The molecule has 0 radical (unpaired) electrons. The number of ether oxygens (including phenoxy) is 1. The molecule has 2 aliphatic rings. The number of carbonyl (C=O) groups excluding carboxylic acids is 1. The number of hydrogen-bond donors (Lipinski definition) is 2. The van der Waals surface area contributed by atoms with Gasteiger partial charge in [-0.3, -0.25) is 4.79 Å². The Bertz CT molecular complexity index is 229. The third kappa shape index (κ3) is 3.18. The van der Waals surface area contributed by atoms with Crippen LogP contribution in [0.25, 0.3) is 0 Å². The van der Waals surface area contributed by atoms with Crippen LogP contribution in [0.15, 0.2) is 0 Å². The summed E-state index contributed by atoms with van der Waals surface area (Å²) in [5, 5.41) is 6.35. The molecule has 2 atom stereocenters. The summed E-state index contributed by atoms with van der Waals surface area (Å²) in [7, 11) is 0. The van der Waals surface area contributed by atoms with Gasteiger partial charge in [0.25, 0.3) is 0 Å². The fourth-order valence-corrected chi connectivity index (χ4v) is 1.93. The maximum Gasteiger partial charge on any atom is 0.223 e. The molecule has 0 aromatic heterocycles. The SMILES string of the molecule is C[C@H]1OCC[C@@H]1NCCNC(=O)C1CC1. The quantitative estimate of drug-likeness (QED) is 0.644. The molecule has 1 amide bonds. The van der Waals surface area contributed by atoms with Crippen molar-refractivity contribution in [3.63, 3.8) is 0 Å². The summed E-state index contributed by atoms with van der Waals surface area (Å²) in [4.78, 5) is 11.3. The van der Waals surface area contributed by atoms with Gasteiger partial charge in [0.05, 0.1) is 6.10 Å². The van der Waals surface area contributed by atoms with Gasteiger partial charge in [-0.05, 0) is 26.2 Å². The summed E-state index contributed by atoms with van der Waals surface area (Å²) in [6.07, 6.45) is 3.54. The van der Waals surface area contributed by atoms with Gasteiger partial charge in [0.15, 0.2) is 0 Å². The number of hydrogen-bond acceptors (Lipinski definition) is 3. The molecule has 4 nitrogen and oxygen atoms in total. The highest BCUT2D eigenvalue weighted by Crippen LogP contribution is 2.28. The third-order valence-corrected chi connectivity index (χ3v) is 3.16. The van der Waals surface area contributed by atoms with Gasteiger partial charge in [-0.15, -0.1) is 0 Å². The van der Waals surface area contributed by atoms with Gasteiger partial charge in [-0.1, -0.05) is 0 Å². The van der Waals surface area contributed by atoms with E-state index in [-0.39, 0.29) is 5.91 Å². The van der Waals surface area contributed by atoms with E-state index in [1.807, 2.05) is 0 Å². The van der Waals surface area contributed by atoms with Gasteiger partial charge in [0.2, 0.25) is 5.91 Å². The predicted octanol–water partition coefficient (Wildman–Crippen LogP) is 0.280. The number of nitrogens with one attached hydrogen (secondary N) is 2. The zero-order valence-corrected chi connectivity index (χ0v) is 9.29. The van der Waals surface area contributed by atoms with Crippen LogP contribution in [-0.2, 0) is 9.53 Å². The minimum atomic E-state index is 0.229. The van der Waals surface area contributed by atoms with Gasteiger partial charge < -0.3 is 15.4 Å². The van der Waals surface area contributed by atoms with Crippen molar-refractivity contribution in [2.45, 2.75) is 38.3 Å². The van der Waals surface area contributed by atoms with E-state index in [2.05, 4.69) is 17.6 Å². The van der Waals surface area contributed by atoms with Gasteiger partial charge in [-0.2, -0.15) is 0 Å². The molecule has 2 fully saturated rings. The van der Waals surface area contributed by atoms with Gasteiger partial charge in [-0.25, -0.2) is 0 Å². The first-order valence-electron chi connectivity index (χ1n) is 5.90. The Labute approximate surface area is 90.8 Å². The van der Waals surface area contributed by atoms with Gasteiger partial charge >= 0.3 is 0 Å². The highest BCUT2D eigenvalue weighted by Gasteiger charge is 2.29. The van der Waals surface area contributed by atoms with Crippen molar-refractivity contribution in [1.29, 1.82) is 0 Å². The Morgan fingerprint density at radius 2 is 2.13 bits per heavy atom. The van der Waals surface area contributed by atoms with E-state index in [1.54, 1.807) is 0 Å². The Balaban J connectivity index is 1.52. The second kappa shape index (κ2) is 4.94. The molecule has 15 heavy (non-hydrogen) atoms. The summed E-state index contributed by atoms with van der Waals surface area (Å²) >= 11 is 0. The van der Waals surface area contributed by atoms with Crippen molar-refractivity contribution >= 4 is 5.91 Å². The van der Waals surface area contributed by atoms with E-state index in [0.717, 1.165) is 39.0 Å². The lowest BCUT2D eigenvalue weighted by Crippen LogP contribution is -2.40. The van der Waals surface area contributed by atoms with E-state index in [4.69, 9.17) is 4.74 Å². The van der Waals surface area contributed by atoms with E-state index >= 15 is 0 Å². The maximum atomic E-state index is 11.3. The zero-order valence-electron chi connectivity index (χ0n) is 9.29. The second-order valence-electron chi connectivity index (χ2n) is 4.49. The summed E-state index contributed by atoms with van der Waals surface area (Å²) in [6, 6.07) is 0.461. The number of rotatable bonds is 5. The van der Waals surface area contributed by atoms with Gasteiger partial charge in [0, 0.05) is 31.7 Å². The maximum absolute atomic E-state index is 11.3. The van der Waals surface area contributed by atoms with E-state index in [0.29, 0.717) is 18.1 Å². The Kier molecular flexibility index (Phi) is 3.59. The minimum Gasteiger partial charge on any atom is -0.377 e. The average Bonchev–Trinajstić information content (AvgIpc) is 2.99. The molecule has 1 aliphatic carbocycles. The van der Waals surface area contributed by atoms with Crippen LogP contribution in [0.1, 0.15) is 26.2 Å². The first kappa shape index (κ1) is 10.9. The first-order chi connectivity index (χ1) is 7.27. The van der Waals surface area contributed by atoms with Crippen LogP contribution in [0, 0.1) is 5.92 Å². The van der Waals surface area contributed by atoms with Crippen molar-refractivity contribution in [3.8, 4) is 0 Å². The van der Waals surface area contributed by atoms with E-state index < -0.39 is 0 Å². The highest BCUT2D eigenvalue weighted by molar-refractivity contribution is 5.80. The Morgan fingerprint density at radius 1 is 1.33 bits per heavy atom. The molecule has 86 valence electrons. The lowest BCUT2D eigenvalue weighted by molar-refractivity contribution is -0.122. The Hall–Kier alpha value is -0.610. The summed E-state index contributed by atoms with van der Waals surface area (Å²) in [5.74, 6) is 0.547. The lowest BCUT2D eigenvalue weighted by Gasteiger charge is -2.15. The number of amides is 1. The monoisotopic (exact) mass is 212 g/mol. The molecule has 1 aliphatic heterocycles. The molecule has 0 unspecified atom stereocenters. The van der Waals surface area contributed by atoms with E-state index in [9.17, 15) is 4.79 Å². The van der Waals surface area contributed by atoms with Gasteiger partial charge in [0.1, 0.15) is 0 Å². The van der Waals surface area contributed by atoms with Crippen molar-refractivity contribution in [1.82, 2.24) is 10.6 Å². The molecule has 0 spiro atoms.